The first kappa shape index (κ1) is 17.8. The highest BCUT2D eigenvalue weighted by Crippen LogP contribution is 2.28. The molecule has 1 aliphatic rings. The van der Waals surface area contributed by atoms with Gasteiger partial charge in [0, 0.05) is 42.5 Å². The van der Waals surface area contributed by atoms with Gasteiger partial charge >= 0.3 is 5.97 Å². The molecule has 134 valence electrons. The van der Waals surface area contributed by atoms with Crippen molar-refractivity contribution in [3.8, 4) is 5.75 Å². The van der Waals surface area contributed by atoms with E-state index in [1.54, 1.807) is 7.11 Å². The van der Waals surface area contributed by atoms with Gasteiger partial charge in [0.05, 0.1) is 14.2 Å². The lowest BCUT2D eigenvalue weighted by atomic mass is 10.0. The topological polar surface area (TPSA) is 43.7 Å². The number of esters is 1. The van der Waals surface area contributed by atoms with Crippen LogP contribution < -0.4 is 4.74 Å². The third-order valence-electron chi connectivity index (χ3n) is 4.76. The largest absolute Gasteiger partial charge is 0.496 e. The first-order valence-electron chi connectivity index (χ1n) is 8.42. The molecule has 0 unspecified atom stereocenters. The molecule has 0 amide bonds. The molecule has 5 nitrogen and oxygen atoms in total. The molecule has 0 atom stereocenters. The fraction of sp³-hybridized carbons (Fsp3) is 0.421. The van der Waals surface area contributed by atoms with Crippen LogP contribution in [-0.4, -0.2) is 42.7 Å². The number of hydrogen-bond acceptors (Lipinski definition) is 4. The maximum absolute atomic E-state index is 11.9. The maximum atomic E-state index is 11.9. The minimum Gasteiger partial charge on any atom is -0.496 e. The third kappa shape index (κ3) is 3.99. The number of benzene rings is 1. The summed E-state index contributed by atoms with van der Waals surface area (Å²) in [6, 6.07) is 9.75. The number of ether oxygens (including phenoxy) is 2. The van der Waals surface area contributed by atoms with E-state index >= 15 is 0 Å². The quantitative estimate of drug-likeness (QED) is 0.759. The van der Waals surface area contributed by atoms with Crippen molar-refractivity contribution < 1.29 is 14.3 Å². The Morgan fingerprint density at radius 1 is 1.24 bits per heavy atom. The van der Waals surface area contributed by atoms with Crippen LogP contribution in [0, 0.1) is 0 Å². The summed E-state index contributed by atoms with van der Waals surface area (Å²) in [5, 5.41) is 0.723. The van der Waals surface area contributed by atoms with E-state index in [0.717, 1.165) is 48.8 Å². The van der Waals surface area contributed by atoms with Crippen LogP contribution in [0.2, 0.25) is 5.02 Å². The van der Waals surface area contributed by atoms with Gasteiger partial charge in [-0.2, -0.15) is 0 Å². The first-order chi connectivity index (χ1) is 12.1. The Labute approximate surface area is 153 Å². The number of nitrogens with zero attached hydrogens (tertiary/aromatic N) is 2. The van der Waals surface area contributed by atoms with E-state index in [1.807, 2.05) is 41.1 Å². The van der Waals surface area contributed by atoms with E-state index in [1.165, 1.54) is 7.11 Å². The normalized spacial score (nSPS) is 16.0. The summed E-state index contributed by atoms with van der Waals surface area (Å²) in [5.74, 6) is 0.584. The fourth-order valence-corrected chi connectivity index (χ4v) is 3.65. The van der Waals surface area contributed by atoms with Crippen LogP contribution in [0.4, 0.5) is 0 Å². The Morgan fingerprint density at radius 3 is 2.68 bits per heavy atom. The molecule has 0 bridgehead atoms. The molecule has 3 rings (SSSR count). The monoisotopic (exact) mass is 362 g/mol. The minimum absolute atomic E-state index is 0.281. The van der Waals surface area contributed by atoms with Crippen LogP contribution in [-0.2, 0) is 11.3 Å². The average molecular weight is 363 g/mol. The zero-order valence-corrected chi connectivity index (χ0v) is 15.3. The summed E-state index contributed by atoms with van der Waals surface area (Å²) >= 11 is 6.12. The molecule has 1 aromatic carbocycles. The number of carbonyl (C=O) groups excluding carboxylic acids is 1. The van der Waals surface area contributed by atoms with Gasteiger partial charge in [0.15, 0.2) is 0 Å². The second kappa shape index (κ2) is 7.93. The number of hydrogen-bond donors (Lipinski definition) is 0. The van der Waals surface area contributed by atoms with E-state index in [9.17, 15) is 4.79 Å². The first-order valence-corrected chi connectivity index (χ1v) is 8.80. The van der Waals surface area contributed by atoms with Gasteiger partial charge in [0.2, 0.25) is 0 Å². The van der Waals surface area contributed by atoms with Gasteiger partial charge in [-0.1, -0.05) is 11.6 Å². The number of piperidine rings is 1. The van der Waals surface area contributed by atoms with Gasteiger partial charge in [-0.25, -0.2) is 4.79 Å². The van der Waals surface area contributed by atoms with Crippen LogP contribution in [0.1, 0.15) is 34.9 Å². The van der Waals surface area contributed by atoms with Crippen molar-refractivity contribution in [3.63, 3.8) is 0 Å². The summed E-state index contributed by atoms with van der Waals surface area (Å²) in [5.41, 5.74) is 1.72. The lowest BCUT2D eigenvalue weighted by Crippen LogP contribution is -2.34. The van der Waals surface area contributed by atoms with E-state index < -0.39 is 0 Å². The summed E-state index contributed by atoms with van der Waals surface area (Å²) in [6.07, 6.45) is 3.94. The Hall–Kier alpha value is -1.98. The van der Waals surface area contributed by atoms with Gasteiger partial charge in [0.25, 0.3) is 0 Å². The van der Waals surface area contributed by atoms with Crippen molar-refractivity contribution in [3.05, 3.63) is 52.8 Å². The van der Waals surface area contributed by atoms with Crippen LogP contribution in [0.5, 0.6) is 5.75 Å². The summed E-state index contributed by atoms with van der Waals surface area (Å²) in [7, 11) is 3.10. The van der Waals surface area contributed by atoms with Crippen LogP contribution in [0.25, 0.3) is 0 Å². The molecule has 0 saturated carbocycles. The van der Waals surface area contributed by atoms with Crippen molar-refractivity contribution in [2.24, 2.45) is 0 Å². The van der Waals surface area contributed by atoms with E-state index in [2.05, 4.69) is 4.90 Å². The maximum Gasteiger partial charge on any atom is 0.354 e. The van der Waals surface area contributed by atoms with Gasteiger partial charge in [-0.15, -0.1) is 0 Å². The Bertz CT molecular complexity index is 736. The van der Waals surface area contributed by atoms with Crippen molar-refractivity contribution in [1.29, 1.82) is 0 Å². The van der Waals surface area contributed by atoms with Gasteiger partial charge < -0.3 is 14.0 Å². The number of rotatable bonds is 5. The summed E-state index contributed by atoms with van der Waals surface area (Å²) in [6.45, 7) is 2.73. The van der Waals surface area contributed by atoms with E-state index in [-0.39, 0.29) is 5.97 Å². The van der Waals surface area contributed by atoms with E-state index in [0.29, 0.717) is 11.7 Å². The van der Waals surface area contributed by atoms with E-state index in [4.69, 9.17) is 21.1 Å². The summed E-state index contributed by atoms with van der Waals surface area (Å²) < 4.78 is 12.3. The molecule has 2 heterocycles. The average Bonchev–Trinajstić information content (AvgIpc) is 3.12. The molecule has 0 radical (unpaired) electrons. The Balaban J connectivity index is 1.64. The number of carbonyl (C=O) groups is 1. The SMILES string of the molecule is COC(=O)c1cccn1C1CCN(Cc2cc(Cl)ccc2OC)CC1. The molecule has 0 N–H and O–H groups in total. The number of aromatic nitrogens is 1. The molecular formula is C19H23ClN2O3. The number of methoxy groups -OCH3 is 2. The molecule has 25 heavy (non-hydrogen) atoms. The molecule has 0 spiro atoms. The predicted molar refractivity (Wildman–Crippen MR) is 97.3 cm³/mol. The second-order valence-corrected chi connectivity index (χ2v) is 6.69. The van der Waals surface area contributed by atoms with Crippen molar-refractivity contribution in [2.45, 2.75) is 25.4 Å². The number of halogens is 1. The predicted octanol–water partition coefficient (Wildman–Crippen LogP) is 3.77. The lowest BCUT2D eigenvalue weighted by molar-refractivity contribution is 0.0581. The van der Waals surface area contributed by atoms with Gasteiger partial charge in [-0.05, 0) is 43.2 Å². The summed E-state index contributed by atoms with van der Waals surface area (Å²) in [4.78, 5) is 14.3. The minimum atomic E-state index is -0.281. The highest BCUT2D eigenvalue weighted by atomic mass is 35.5. The number of likely N-dealkylation sites (tertiary alicyclic amines) is 1. The van der Waals surface area contributed by atoms with Crippen molar-refractivity contribution in [1.82, 2.24) is 9.47 Å². The molecule has 0 aliphatic carbocycles. The fourth-order valence-electron chi connectivity index (χ4n) is 3.46. The van der Waals surface area contributed by atoms with Crippen molar-refractivity contribution in [2.75, 3.05) is 27.3 Å². The molecule has 1 saturated heterocycles. The van der Waals surface area contributed by atoms with Crippen LogP contribution in [0.15, 0.2) is 36.5 Å². The molecule has 2 aromatic rings. The van der Waals surface area contributed by atoms with Crippen LogP contribution in [0.3, 0.4) is 0 Å². The lowest BCUT2D eigenvalue weighted by Gasteiger charge is -2.33. The standard InChI is InChI=1S/C19H23ClN2O3/c1-24-18-6-5-15(20)12-14(18)13-21-10-7-16(8-11-21)22-9-3-4-17(22)19(23)25-2/h3-6,9,12,16H,7-8,10-11,13H2,1-2H3. The molecule has 1 aromatic heterocycles. The molecule has 1 fully saturated rings. The van der Waals surface area contributed by atoms with Crippen LogP contribution >= 0.6 is 11.6 Å². The molecule has 1 aliphatic heterocycles. The highest BCUT2D eigenvalue weighted by Gasteiger charge is 2.24. The molecule has 6 heteroatoms. The highest BCUT2D eigenvalue weighted by molar-refractivity contribution is 6.30. The Morgan fingerprint density at radius 2 is 2.00 bits per heavy atom. The second-order valence-electron chi connectivity index (χ2n) is 6.26. The zero-order chi connectivity index (χ0) is 17.8. The molecular weight excluding hydrogens is 340 g/mol. The van der Waals surface area contributed by atoms with Gasteiger partial charge in [0.1, 0.15) is 11.4 Å². The third-order valence-corrected chi connectivity index (χ3v) is 5.00. The van der Waals surface area contributed by atoms with Crippen molar-refractivity contribution >= 4 is 17.6 Å². The smallest absolute Gasteiger partial charge is 0.354 e. The Kier molecular flexibility index (Phi) is 5.66. The zero-order valence-electron chi connectivity index (χ0n) is 14.6. The van der Waals surface area contributed by atoms with Gasteiger partial charge in [-0.3, -0.25) is 4.90 Å².